The topological polar surface area (TPSA) is 75.6 Å². The number of carbonyl (C=O) groups excluding carboxylic acids is 1. The van der Waals surface area contributed by atoms with Crippen molar-refractivity contribution in [1.29, 1.82) is 0 Å². The molecule has 2 atom stereocenters. The van der Waals surface area contributed by atoms with Crippen LogP contribution in [0.25, 0.3) is 0 Å². The van der Waals surface area contributed by atoms with Crippen LogP contribution in [0, 0.1) is 0 Å². The second-order valence-electron chi connectivity index (χ2n) is 4.96. The monoisotopic (exact) mass is 257 g/mol. The third-order valence-electron chi connectivity index (χ3n) is 3.30. The number of amides is 1. The highest BCUT2D eigenvalue weighted by atomic mass is 16.5. The van der Waals surface area contributed by atoms with E-state index in [2.05, 4.69) is 5.32 Å². The summed E-state index contributed by atoms with van der Waals surface area (Å²) in [6, 6.07) is -0.877. The van der Waals surface area contributed by atoms with Crippen LogP contribution in [0.1, 0.15) is 52.4 Å². The number of nitrogens with one attached hydrogen (secondary N) is 1. The first-order valence-electron chi connectivity index (χ1n) is 6.69. The number of carboxylic acid groups (broad SMARTS) is 1. The van der Waals surface area contributed by atoms with Gasteiger partial charge in [0.1, 0.15) is 12.1 Å². The van der Waals surface area contributed by atoms with Gasteiger partial charge in [-0.05, 0) is 26.7 Å². The van der Waals surface area contributed by atoms with Gasteiger partial charge in [0.2, 0.25) is 5.91 Å². The number of hydrogen-bond acceptors (Lipinski definition) is 3. The summed E-state index contributed by atoms with van der Waals surface area (Å²) in [7, 11) is 0. The molecule has 18 heavy (non-hydrogen) atoms. The van der Waals surface area contributed by atoms with E-state index in [1.165, 1.54) is 19.8 Å². The van der Waals surface area contributed by atoms with E-state index >= 15 is 0 Å². The summed E-state index contributed by atoms with van der Waals surface area (Å²) in [6.45, 7) is 3.12. The molecule has 5 nitrogen and oxygen atoms in total. The standard InChI is InChI=1S/C13H23NO4/c1-9(13(16)17)14-12(15)10(2)18-11-7-5-3-4-6-8-11/h9-11H,3-8H2,1-2H3,(H,14,15)(H,16,17). The Kier molecular flexibility index (Phi) is 6.12. The Hall–Kier alpha value is -1.10. The first-order chi connectivity index (χ1) is 8.50. The van der Waals surface area contributed by atoms with Gasteiger partial charge in [-0.15, -0.1) is 0 Å². The van der Waals surface area contributed by atoms with Crippen molar-refractivity contribution in [3.05, 3.63) is 0 Å². The Morgan fingerprint density at radius 1 is 1.17 bits per heavy atom. The van der Waals surface area contributed by atoms with Crippen LogP contribution in [0.15, 0.2) is 0 Å². The molecule has 0 radical (unpaired) electrons. The van der Waals surface area contributed by atoms with E-state index in [0.717, 1.165) is 25.7 Å². The summed E-state index contributed by atoms with van der Waals surface area (Å²) in [5.74, 6) is -1.39. The first-order valence-corrected chi connectivity index (χ1v) is 6.69. The Labute approximate surface area is 108 Å². The SMILES string of the molecule is CC(NC(=O)C(C)OC1CCCCCC1)C(=O)O. The van der Waals surface area contributed by atoms with Crippen molar-refractivity contribution in [1.82, 2.24) is 5.32 Å². The van der Waals surface area contributed by atoms with Gasteiger partial charge >= 0.3 is 5.97 Å². The highest BCUT2D eigenvalue weighted by Crippen LogP contribution is 2.20. The lowest BCUT2D eigenvalue weighted by molar-refractivity contribution is -0.144. The van der Waals surface area contributed by atoms with Crippen molar-refractivity contribution in [2.45, 2.75) is 70.6 Å². The molecule has 1 fully saturated rings. The van der Waals surface area contributed by atoms with E-state index in [1.807, 2.05) is 0 Å². The van der Waals surface area contributed by atoms with Crippen molar-refractivity contribution in [3.63, 3.8) is 0 Å². The molecule has 1 amide bonds. The average molecular weight is 257 g/mol. The summed E-state index contributed by atoms with van der Waals surface area (Å²) in [5.41, 5.74) is 0. The van der Waals surface area contributed by atoms with Crippen molar-refractivity contribution in [2.75, 3.05) is 0 Å². The van der Waals surface area contributed by atoms with E-state index in [1.54, 1.807) is 6.92 Å². The number of aliphatic carboxylic acids is 1. The van der Waals surface area contributed by atoms with Crippen molar-refractivity contribution >= 4 is 11.9 Å². The molecule has 1 aliphatic rings. The molecule has 1 aliphatic carbocycles. The molecule has 0 saturated heterocycles. The van der Waals surface area contributed by atoms with Gasteiger partial charge < -0.3 is 15.2 Å². The minimum atomic E-state index is -1.04. The molecule has 0 aromatic heterocycles. The second-order valence-corrected chi connectivity index (χ2v) is 4.96. The fourth-order valence-electron chi connectivity index (χ4n) is 2.12. The van der Waals surface area contributed by atoms with E-state index in [-0.39, 0.29) is 12.0 Å². The van der Waals surface area contributed by atoms with E-state index in [4.69, 9.17) is 9.84 Å². The zero-order valence-electron chi connectivity index (χ0n) is 11.1. The Morgan fingerprint density at radius 3 is 2.22 bits per heavy atom. The molecule has 0 aromatic rings. The Balaban J connectivity index is 2.36. The van der Waals surface area contributed by atoms with Gasteiger partial charge in [-0.3, -0.25) is 9.59 Å². The minimum absolute atomic E-state index is 0.133. The fourth-order valence-corrected chi connectivity index (χ4v) is 2.12. The van der Waals surface area contributed by atoms with E-state index in [0.29, 0.717) is 0 Å². The van der Waals surface area contributed by atoms with Crippen molar-refractivity contribution in [2.24, 2.45) is 0 Å². The Morgan fingerprint density at radius 2 is 1.72 bits per heavy atom. The quantitative estimate of drug-likeness (QED) is 0.735. The van der Waals surface area contributed by atoms with Gasteiger partial charge in [0.15, 0.2) is 0 Å². The molecular weight excluding hydrogens is 234 g/mol. The lowest BCUT2D eigenvalue weighted by Gasteiger charge is -2.21. The summed E-state index contributed by atoms with van der Waals surface area (Å²) in [5, 5.41) is 11.1. The van der Waals surface area contributed by atoms with Crippen LogP contribution in [-0.4, -0.2) is 35.2 Å². The third kappa shape index (κ3) is 5.04. The molecule has 104 valence electrons. The molecule has 0 aliphatic heterocycles. The lowest BCUT2D eigenvalue weighted by atomic mass is 10.1. The first kappa shape index (κ1) is 15.0. The number of ether oxygens (including phenoxy) is 1. The number of carbonyl (C=O) groups is 2. The zero-order chi connectivity index (χ0) is 13.5. The van der Waals surface area contributed by atoms with Gasteiger partial charge in [-0.1, -0.05) is 25.7 Å². The smallest absolute Gasteiger partial charge is 0.325 e. The molecule has 0 aromatic carbocycles. The lowest BCUT2D eigenvalue weighted by Crippen LogP contribution is -2.44. The molecule has 1 rings (SSSR count). The van der Waals surface area contributed by atoms with Crippen LogP contribution < -0.4 is 5.32 Å². The highest BCUT2D eigenvalue weighted by molar-refractivity contribution is 5.85. The molecule has 0 bridgehead atoms. The van der Waals surface area contributed by atoms with E-state index in [9.17, 15) is 9.59 Å². The van der Waals surface area contributed by atoms with Crippen LogP contribution >= 0.6 is 0 Å². The maximum Gasteiger partial charge on any atom is 0.325 e. The molecule has 1 saturated carbocycles. The fraction of sp³-hybridized carbons (Fsp3) is 0.846. The van der Waals surface area contributed by atoms with Gasteiger partial charge in [0, 0.05) is 0 Å². The number of hydrogen-bond donors (Lipinski definition) is 2. The van der Waals surface area contributed by atoms with Gasteiger partial charge in [0.25, 0.3) is 0 Å². The van der Waals surface area contributed by atoms with Crippen LogP contribution in [0.3, 0.4) is 0 Å². The van der Waals surface area contributed by atoms with Crippen LogP contribution in [-0.2, 0) is 14.3 Å². The Bertz CT molecular complexity index is 285. The maximum atomic E-state index is 11.7. The third-order valence-corrected chi connectivity index (χ3v) is 3.30. The van der Waals surface area contributed by atoms with Crippen LogP contribution in [0.5, 0.6) is 0 Å². The molecule has 0 heterocycles. The van der Waals surface area contributed by atoms with Gasteiger partial charge in [-0.2, -0.15) is 0 Å². The summed E-state index contributed by atoms with van der Waals surface area (Å²) in [6.07, 6.45) is 6.28. The maximum absolute atomic E-state index is 11.7. The molecule has 5 heteroatoms. The zero-order valence-corrected chi connectivity index (χ0v) is 11.1. The van der Waals surface area contributed by atoms with Crippen molar-refractivity contribution < 1.29 is 19.4 Å². The predicted octanol–water partition coefficient (Wildman–Crippen LogP) is 1.70. The largest absolute Gasteiger partial charge is 0.480 e. The summed E-state index contributed by atoms with van der Waals surface area (Å²) < 4.78 is 5.71. The van der Waals surface area contributed by atoms with Crippen molar-refractivity contribution in [3.8, 4) is 0 Å². The van der Waals surface area contributed by atoms with Gasteiger partial charge in [-0.25, -0.2) is 0 Å². The summed E-state index contributed by atoms with van der Waals surface area (Å²) in [4.78, 5) is 22.4. The van der Waals surface area contributed by atoms with Gasteiger partial charge in [0.05, 0.1) is 6.10 Å². The molecule has 2 unspecified atom stereocenters. The molecule has 0 spiro atoms. The normalized spacial score (nSPS) is 20.8. The van der Waals surface area contributed by atoms with Crippen LogP contribution in [0.4, 0.5) is 0 Å². The summed E-state index contributed by atoms with van der Waals surface area (Å²) >= 11 is 0. The minimum Gasteiger partial charge on any atom is -0.480 e. The molecular formula is C13H23NO4. The number of carboxylic acids is 1. The molecule has 2 N–H and O–H groups in total. The average Bonchev–Trinajstić information content (AvgIpc) is 2.57. The predicted molar refractivity (Wildman–Crippen MR) is 67.3 cm³/mol. The van der Waals surface area contributed by atoms with E-state index < -0.39 is 18.1 Å². The second kappa shape index (κ2) is 7.36. The van der Waals surface area contributed by atoms with Crippen LogP contribution in [0.2, 0.25) is 0 Å². The highest BCUT2D eigenvalue weighted by Gasteiger charge is 2.23. The number of rotatable bonds is 5.